The van der Waals surface area contributed by atoms with Gasteiger partial charge in [0.05, 0.1) is 18.4 Å². The van der Waals surface area contributed by atoms with Gasteiger partial charge in [0.15, 0.2) is 0 Å². The number of rotatable bonds is 4. The first kappa shape index (κ1) is 16.4. The standard InChI is InChI=1S/C17H13F2NO3/c1-23-17(22)12-5-2-11(3-6-12)4-9-16(21)20-15-8-7-13(18)10-14(15)19/h2-10H,1H3,(H,20,21). The van der Waals surface area contributed by atoms with Crippen molar-refractivity contribution in [3.63, 3.8) is 0 Å². The van der Waals surface area contributed by atoms with E-state index >= 15 is 0 Å². The van der Waals surface area contributed by atoms with E-state index in [0.29, 0.717) is 17.2 Å². The summed E-state index contributed by atoms with van der Waals surface area (Å²) in [5.74, 6) is -2.59. The van der Waals surface area contributed by atoms with Gasteiger partial charge in [0.2, 0.25) is 5.91 Å². The number of anilines is 1. The van der Waals surface area contributed by atoms with E-state index in [1.54, 1.807) is 24.3 Å². The van der Waals surface area contributed by atoms with E-state index in [4.69, 9.17) is 0 Å². The molecule has 0 aliphatic rings. The van der Waals surface area contributed by atoms with Crippen molar-refractivity contribution in [2.24, 2.45) is 0 Å². The summed E-state index contributed by atoms with van der Waals surface area (Å²) < 4.78 is 30.8. The Morgan fingerprint density at radius 1 is 1.09 bits per heavy atom. The summed E-state index contributed by atoms with van der Waals surface area (Å²) in [5, 5.41) is 2.30. The minimum Gasteiger partial charge on any atom is -0.465 e. The fourth-order valence-corrected chi connectivity index (χ4v) is 1.79. The third-order valence-corrected chi connectivity index (χ3v) is 2.95. The molecule has 0 aliphatic carbocycles. The third-order valence-electron chi connectivity index (χ3n) is 2.95. The van der Waals surface area contributed by atoms with Gasteiger partial charge in [-0.1, -0.05) is 12.1 Å². The van der Waals surface area contributed by atoms with Crippen molar-refractivity contribution in [2.75, 3.05) is 12.4 Å². The zero-order valence-corrected chi connectivity index (χ0v) is 12.2. The van der Waals surface area contributed by atoms with Gasteiger partial charge < -0.3 is 10.1 Å². The molecule has 4 nitrogen and oxygen atoms in total. The Labute approximate surface area is 131 Å². The van der Waals surface area contributed by atoms with Crippen LogP contribution in [-0.2, 0) is 9.53 Å². The second-order valence-electron chi connectivity index (χ2n) is 4.56. The molecule has 0 aromatic heterocycles. The first-order valence-electron chi connectivity index (χ1n) is 6.62. The van der Waals surface area contributed by atoms with Crippen molar-refractivity contribution >= 4 is 23.6 Å². The highest BCUT2D eigenvalue weighted by molar-refractivity contribution is 6.02. The molecule has 0 atom stereocenters. The first-order chi connectivity index (χ1) is 11.0. The zero-order valence-electron chi connectivity index (χ0n) is 12.2. The number of ether oxygens (including phenoxy) is 1. The molecular formula is C17H13F2NO3. The molecule has 2 aromatic carbocycles. The second kappa shape index (κ2) is 7.31. The minimum atomic E-state index is -0.853. The van der Waals surface area contributed by atoms with Gasteiger partial charge in [-0.3, -0.25) is 4.79 Å². The average molecular weight is 317 g/mol. The molecule has 0 heterocycles. The van der Waals surface area contributed by atoms with Gasteiger partial charge in [0.1, 0.15) is 11.6 Å². The van der Waals surface area contributed by atoms with Crippen LogP contribution >= 0.6 is 0 Å². The number of carbonyl (C=O) groups excluding carboxylic acids is 2. The van der Waals surface area contributed by atoms with Crippen LogP contribution in [-0.4, -0.2) is 19.0 Å². The summed E-state index contributed by atoms with van der Waals surface area (Å²) in [7, 11) is 1.29. The molecule has 0 unspecified atom stereocenters. The molecule has 23 heavy (non-hydrogen) atoms. The SMILES string of the molecule is COC(=O)c1ccc(C=CC(=O)Nc2ccc(F)cc2F)cc1. The van der Waals surface area contributed by atoms with Crippen LogP contribution in [0.2, 0.25) is 0 Å². The molecule has 0 bridgehead atoms. The Morgan fingerprint density at radius 3 is 2.39 bits per heavy atom. The van der Waals surface area contributed by atoms with Crippen LogP contribution in [0.1, 0.15) is 15.9 Å². The molecule has 1 amide bonds. The van der Waals surface area contributed by atoms with Crippen molar-refractivity contribution in [3.05, 3.63) is 71.3 Å². The smallest absolute Gasteiger partial charge is 0.337 e. The Bertz CT molecular complexity index is 755. The highest BCUT2D eigenvalue weighted by atomic mass is 19.1. The fourth-order valence-electron chi connectivity index (χ4n) is 1.79. The number of benzene rings is 2. The zero-order chi connectivity index (χ0) is 16.8. The van der Waals surface area contributed by atoms with Crippen LogP contribution in [0.25, 0.3) is 6.08 Å². The molecule has 2 rings (SSSR count). The predicted molar refractivity (Wildman–Crippen MR) is 81.8 cm³/mol. The molecule has 0 fully saturated rings. The summed E-state index contributed by atoms with van der Waals surface area (Å²) in [6, 6.07) is 9.26. The number of halogens is 2. The van der Waals surface area contributed by atoms with Crippen LogP contribution in [0.5, 0.6) is 0 Å². The molecule has 2 aromatic rings. The molecule has 0 radical (unpaired) electrons. The number of esters is 1. The highest BCUT2D eigenvalue weighted by Gasteiger charge is 2.06. The topological polar surface area (TPSA) is 55.4 Å². The maximum atomic E-state index is 13.4. The van der Waals surface area contributed by atoms with E-state index in [1.165, 1.54) is 19.3 Å². The van der Waals surface area contributed by atoms with Gasteiger partial charge in [-0.25, -0.2) is 13.6 Å². The molecular weight excluding hydrogens is 304 g/mol. The molecule has 0 spiro atoms. The Kier molecular flexibility index (Phi) is 5.19. The molecule has 1 N–H and O–H groups in total. The van der Waals surface area contributed by atoms with Gasteiger partial charge in [0, 0.05) is 12.1 Å². The normalized spacial score (nSPS) is 10.6. The average Bonchev–Trinajstić information content (AvgIpc) is 2.55. The Balaban J connectivity index is 2.02. The van der Waals surface area contributed by atoms with Gasteiger partial charge in [0.25, 0.3) is 0 Å². The molecule has 0 saturated carbocycles. The monoisotopic (exact) mass is 317 g/mol. The number of amides is 1. The van der Waals surface area contributed by atoms with E-state index < -0.39 is 23.5 Å². The van der Waals surface area contributed by atoms with Crippen molar-refractivity contribution in [3.8, 4) is 0 Å². The lowest BCUT2D eigenvalue weighted by Crippen LogP contribution is -2.09. The third kappa shape index (κ3) is 4.47. The first-order valence-corrected chi connectivity index (χ1v) is 6.62. The molecule has 0 aliphatic heterocycles. The van der Waals surface area contributed by atoms with Crippen molar-refractivity contribution in [1.29, 1.82) is 0 Å². The van der Waals surface area contributed by atoms with E-state index in [9.17, 15) is 18.4 Å². The minimum absolute atomic E-state index is 0.109. The van der Waals surface area contributed by atoms with E-state index in [-0.39, 0.29) is 5.69 Å². The number of hydrogen-bond donors (Lipinski definition) is 1. The van der Waals surface area contributed by atoms with Crippen molar-refractivity contribution in [1.82, 2.24) is 0 Å². The van der Waals surface area contributed by atoms with Gasteiger partial charge in [-0.05, 0) is 35.9 Å². The van der Waals surface area contributed by atoms with E-state index in [2.05, 4.69) is 10.1 Å². The number of hydrogen-bond acceptors (Lipinski definition) is 3. The fraction of sp³-hybridized carbons (Fsp3) is 0.0588. The van der Waals surface area contributed by atoms with E-state index in [1.807, 2.05) is 0 Å². The predicted octanol–water partition coefficient (Wildman–Crippen LogP) is 3.40. The van der Waals surface area contributed by atoms with Crippen LogP contribution < -0.4 is 5.32 Å². The largest absolute Gasteiger partial charge is 0.465 e. The van der Waals surface area contributed by atoms with Crippen LogP contribution in [0.4, 0.5) is 14.5 Å². The summed E-state index contributed by atoms with van der Waals surface area (Å²) in [6.45, 7) is 0. The lowest BCUT2D eigenvalue weighted by atomic mass is 10.1. The van der Waals surface area contributed by atoms with Crippen LogP contribution in [0.15, 0.2) is 48.5 Å². The van der Waals surface area contributed by atoms with Crippen LogP contribution in [0.3, 0.4) is 0 Å². The highest BCUT2D eigenvalue weighted by Crippen LogP contribution is 2.15. The van der Waals surface area contributed by atoms with Gasteiger partial charge in [-0.2, -0.15) is 0 Å². The van der Waals surface area contributed by atoms with Crippen molar-refractivity contribution < 1.29 is 23.1 Å². The second-order valence-corrected chi connectivity index (χ2v) is 4.56. The summed E-state index contributed by atoms with van der Waals surface area (Å²) >= 11 is 0. The lowest BCUT2D eigenvalue weighted by molar-refractivity contribution is -0.111. The molecule has 6 heteroatoms. The maximum absolute atomic E-state index is 13.4. The lowest BCUT2D eigenvalue weighted by Gasteiger charge is -2.03. The summed E-state index contributed by atoms with van der Waals surface area (Å²) in [4.78, 5) is 23.0. The number of carbonyl (C=O) groups is 2. The maximum Gasteiger partial charge on any atom is 0.337 e. The summed E-state index contributed by atoms with van der Waals surface area (Å²) in [5.41, 5.74) is 0.956. The quantitative estimate of drug-likeness (QED) is 0.694. The van der Waals surface area contributed by atoms with Crippen molar-refractivity contribution in [2.45, 2.75) is 0 Å². The summed E-state index contributed by atoms with van der Waals surface area (Å²) in [6.07, 6.45) is 2.70. The number of nitrogens with one attached hydrogen (secondary N) is 1. The van der Waals surface area contributed by atoms with E-state index in [0.717, 1.165) is 12.1 Å². The van der Waals surface area contributed by atoms with Gasteiger partial charge >= 0.3 is 5.97 Å². The van der Waals surface area contributed by atoms with Gasteiger partial charge in [-0.15, -0.1) is 0 Å². The molecule has 118 valence electrons. The Morgan fingerprint density at radius 2 is 1.78 bits per heavy atom. The molecule has 0 saturated heterocycles. The van der Waals surface area contributed by atoms with Crippen LogP contribution in [0, 0.1) is 11.6 Å². The Hall–Kier alpha value is -3.02. The number of methoxy groups -OCH3 is 1.